The Kier molecular flexibility index (Phi) is 2.73. The molecule has 2 unspecified atom stereocenters. The maximum absolute atomic E-state index is 10.7. The highest BCUT2D eigenvalue weighted by atomic mass is 16.4. The van der Waals surface area contributed by atoms with Crippen molar-refractivity contribution in [2.75, 3.05) is 0 Å². The van der Waals surface area contributed by atoms with Crippen molar-refractivity contribution in [1.29, 1.82) is 0 Å². The van der Waals surface area contributed by atoms with Crippen LogP contribution in [-0.2, 0) is 4.79 Å². The lowest BCUT2D eigenvalue weighted by atomic mass is 9.87. The van der Waals surface area contributed by atoms with Gasteiger partial charge in [0.2, 0.25) is 0 Å². The number of hydrogen-bond donors (Lipinski definition) is 2. The van der Waals surface area contributed by atoms with E-state index in [-0.39, 0.29) is 0 Å². The van der Waals surface area contributed by atoms with E-state index in [4.69, 9.17) is 5.11 Å². The smallest absolute Gasteiger partial charge is 0.309 e. The molecule has 1 fully saturated rings. The first kappa shape index (κ1) is 9.52. The first-order valence-corrected chi connectivity index (χ1v) is 4.55. The predicted molar refractivity (Wildman–Crippen MR) is 44.8 cm³/mol. The van der Waals surface area contributed by atoms with Gasteiger partial charge in [-0.1, -0.05) is 13.3 Å². The van der Waals surface area contributed by atoms with Gasteiger partial charge in [-0.2, -0.15) is 0 Å². The molecule has 2 N–H and O–H groups in total. The van der Waals surface area contributed by atoms with Crippen LogP contribution in [-0.4, -0.2) is 21.8 Å². The monoisotopic (exact) mass is 172 g/mol. The Morgan fingerprint density at radius 2 is 2.33 bits per heavy atom. The lowest BCUT2D eigenvalue weighted by Gasteiger charge is -2.26. The molecule has 1 aliphatic carbocycles. The van der Waals surface area contributed by atoms with E-state index in [9.17, 15) is 9.90 Å². The van der Waals surface area contributed by atoms with Crippen LogP contribution in [0, 0.1) is 5.92 Å². The van der Waals surface area contributed by atoms with Gasteiger partial charge in [-0.15, -0.1) is 0 Å². The molecule has 0 amide bonds. The number of hydrogen-bond acceptors (Lipinski definition) is 2. The van der Waals surface area contributed by atoms with Crippen molar-refractivity contribution < 1.29 is 15.0 Å². The van der Waals surface area contributed by atoms with Gasteiger partial charge in [-0.05, 0) is 25.7 Å². The van der Waals surface area contributed by atoms with Crippen molar-refractivity contribution in [2.45, 2.75) is 44.6 Å². The van der Waals surface area contributed by atoms with E-state index in [2.05, 4.69) is 0 Å². The average molecular weight is 172 g/mol. The van der Waals surface area contributed by atoms with Gasteiger partial charge in [0.15, 0.2) is 0 Å². The summed E-state index contributed by atoms with van der Waals surface area (Å²) in [6.45, 7) is 1.97. The first-order valence-electron chi connectivity index (χ1n) is 4.55. The molecule has 0 bridgehead atoms. The maximum Gasteiger partial charge on any atom is 0.309 e. The van der Waals surface area contributed by atoms with Crippen LogP contribution < -0.4 is 0 Å². The van der Waals surface area contributed by atoms with E-state index >= 15 is 0 Å². The fraction of sp³-hybridized carbons (Fsp3) is 0.889. The van der Waals surface area contributed by atoms with Crippen LogP contribution in [0.25, 0.3) is 0 Å². The normalized spacial score (nSPS) is 35.3. The molecule has 3 heteroatoms. The van der Waals surface area contributed by atoms with Gasteiger partial charge < -0.3 is 10.2 Å². The van der Waals surface area contributed by atoms with E-state index in [0.717, 1.165) is 12.8 Å². The lowest BCUT2D eigenvalue weighted by molar-refractivity contribution is -0.150. The summed E-state index contributed by atoms with van der Waals surface area (Å²) in [5.41, 5.74) is -0.916. The SMILES string of the molecule is CCCC1(O)CCCC1C(=O)O. The molecular formula is C9H16O3. The standard InChI is InChI=1S/C9H16O3/c1-2-5-9(12)6-3-4-7(9)8(10)11/h7,12H,2-6H2,1H3,(H,10,11). The minimum absolute atomic E-state index is 0.530. The number of carboxylic acids is 1. The van der Waals surface area contributed by atoms with Crippen molar-refractivity contribution in [3.05, 3.63) is 0 Å². The number of aliphatic hydroxyl groups is 1. The minimum atomic E-state index is -0.916. The summed E-state index contributed by atoms with van der Waals surface area (Å²) < 4.78 is 0. The van der Waals surface area contributed by atoms with Crippen molar-refractivity contribution in [3.63, 3.8) is 0 Å². The number of carboxylic acid groups (broad SMARTS) is 1. The lowest BCUT2D eigenvalue weighted by Crippen LogP contribution is -2.37. The maximum atomic E-state index is 10.7. The average Bonchev–Trinajstić information content (AvgIpc) is 2.32. The highest BCUT2D eigenvalue weighted by Gasteiger charge is 2.44. The molecule has 3 nitrogen and oxygen atoms in total. The molecule has 1 saturated carbocycles. The fourth-order valence-electron chi connectivity index (χ4n) is 2.14. The first-order chi connectivity index (χ1) is 5.60. The Morgan fingerprint density at radius 3 is 2.83 bits per heavy atom. The third kappa shape index (κ3) is 1.61. The third-order valence-electron chi connectivity index (χ3n) is 2.73. The molecule has 0 radical (unpaired) electrons. The van der Waals surface area contributed by atoms with Gasteiger partial charge >= 0.3 is 5.97 Å². The molecule has 1 rings (SSSR count). The van der Waals surface area contributed by atoms with Crippen LogP contribution in [0.4, 0.5) is 0 Å². The van der Waals surface area contributed by atoms with E-state index in [1.165, 1.54) is 0 Å². The van der Waals surface area contributed by atoms with E-state index in [1.54, 1.807) is 0 Å². The molecule has 0 aromatic carbocycles. The predicted octanol–water partition coefficient (Wildman–Crippen LogP) is 1.40. The summed E-state index contributed by atoms with van der Waals surface area (Å²) in [4.78, 5) is 10.7. The van der Waals surface area contributed by atoms with Crippen LogP contribution in [0.5, 0.6) is 0 Å². The van der Waals surface area contributed by atoms with Crippen molar-refractivity contribution >= 4 is 5.97 Å². The molecule has 0 spiro atoms. The molecule has 0 aromatic heterocycles. The number of carbonyl (C=O) groups is 1. The molecule has 0 aliphatic heterocycles. The summed E-state index contributed by atoms with van der Waals surface area (Å²) in [6, 6.07) is 0. The minimum Gasteiger partial charge on any atom is -0.481 e. The van der Waals surface area contributed by atoms with E-state index in [1.807, 2.05) is 6.92 Å². The highest BCUT2D eigenvalue weighted by Crippen LogP contribution is 2.38. The second-order valence-electron chi connectivity index (χ2n) is 3.64. The molecule has 0 aromatic rings. The molecule has 0 heterocycles. The van der Waals surface area contributed by atoms with Crippen LogP contribution >= 0.6 is 0 Å². The highest BCUT2D eigenvalue weighted by molar-refractivity contribution is 5.72. The summed E-state index contributed by atoms with van der Waals surface area (Å²) in [6.07, 6.45) is 3.58. The molecule has 12 heavy (non-hydrogen) atoms. The van der Waals surface area contributed by atoms with Gasteiger partial charge in [0.1, 0.15) is 0 Å². The quantitative estimate of drug-likeness (QED) is 0.676. The van der Waals surface area contributed by atoms with Crippen LogP contribution in [0.2, 0.25) is 0 Å². The van der Waals surface area contributed by atoms with Gasteiger partial charge in [0, 0.05) is 0 Å². The van der Waals surface area contributed by atoms with E-state index in [0.29, 0.717) is 19.3 Å². The second kappa shape index (κ2) is 3.44. The van der Waals surface area contributed by atoms with Crippen molar-refractivity contribution in [3.8, 4) is 0 Å². The third-order valence-corrected chi connectivity index (χ3v) is 2.73. The molecule has 2 atom stereocenters. The molecule has 70 valence electrons. The van der Waals surface area contributed by atoms with Crippen molar-refractivity contribution in [2.24, 2.45) is 5.92 Å². The zero-order valence-electron chi connectivity index (χ0n) is 7.42. The summed E-state index contributed by atoms with van der Waals surface area (Å²) >= 11 is 0. The van der Waals surface area contributed by atoms with Gasteiger partial charge in [0.05, 0.1) is 11.5 Å². The Morgan fingerprint density at radius 1 is 1.67 bits per heavy atom. The van der Waals surface area contributed by atoms with Crippen LogP contribution in [0.1, 0.15) is 39.0 Å². The van der Waals surface area contributed by atoms with E-state index < -0.39 is 17.5 Å². The molecular weight excluding hydrogens is 156 g/mol. The number of aliphatic carboxylic acids is 1. The largest absolute Gasteiger partial charge is 0.481 e. The van der Waals surface area contributed by atoms with Gasteiger partial charge in [-0.3, -0.25) is 4.79 Å². The summed E-state index contributed by atoms with van der Waals surface area (Å²) in [7, 11) is 0. The van der Waals surface area contributed by atoms with Gasteiger partial charge in [0.25, 0.3) is 0 Å². The Labute approximate surface area is 72.4 Å². The Hall–Kier alpha value is -0.570. The van der Waals surface area contributed by atoms with Gasteiger partial charge in [-0.25, -0.2) is 0 Å². The molecule has 1 aliphatic rings. The summed E-state index contributed by atoms with van der Waals surface area (Å²) in [5, 5.41) is 18.8. The number of rotatable bonds is 3. The zero-order valence-corrected chi connectivity index (χ0v) is 7.42. The van der Waals surface area contributed by atoms with Crippen LogP contribution in [0.15, 0.2) is 0 Å². The zero-order chi connectivity index (χ0) is 9.19. The Balaban J connectivity index is 2.67. The topological polar surface area (TPSA) is 57.5 Å². The summed E-state index contributed by atoms with van der Waals surface area (Å²) in [5.74, 6) is -1.37. The Bertz CT molecular complexity index is 179. The fourth-order valence-corrected chi connectivity index (χ4v) is 2.14. The molecule has 0 saturated heterocycles. The second-order valence-corrected chi connectivity index (χ2v) is 3.64. The van der Waals surface area contributed by atoms with Crippen LogP contribution in [0.3, 0.4) is 0 Å². The van der Waals surface area contributed by atoms with Crippen molar-refractivity contribution in [1.82, 2.24) is 0 Å².